The fraction of sp³-hybridized carbons (Fsp3) is 0.857. The van der Waals surface area contributed by atoms with Crippen LogP contribution in [0, 0.1) is 5.92 Å². The Bertz CT molecular complexity index is 346. The summed E-state index contributed by atoms with van der Waals surface area (Å²) in [4.78, 5) is 25.0. The van der Waals surface area contributed by atoms with Crippen LogP contribution in [0.15, 0.2) is 0 Å². The Morgan fingerprint density at radius 1 is 1.30 bits per heavy atom. The third kappa shape index (κ3) is 4.76. The molecule has 2 atom stereocenters. The number of hydrogen-bond donors (Lipinski definition) is 3. The van der Waals surface area contributed by atoms with Crippen molar-refractivity contribution in [1.29, 1.82) is 0 Å². The molecule has 2 amide bonds. The molecule has 6 nitrogen and oxygen atoms in total. The molecule has 4 N–H and O–H groups in total. The predicted octanol–water partition coefficient (Wildman–Crippen LogP) is -0.312. The second-order valence-electron chi connectivity index (χ2n) is 6.08. The fourth-order valence-electron chi connectivity index (χ4n) is 2.93. The van der Waals surface area contributed by atoms with Gasteiger partial charge in [-0.15, -0.1) is 0 Å². The lowest BCUT2D eigenvalue weighted by molar-refractivity contribution is -0.125. The molecule has 116 valence electrons. The molecule has 0 heterocycles. The van der Waals surface area contributed by atoms with E-state index in [9.17, 15) is 9.59 Å². The molecule has 1 aliphatic carbocycles. The van der Waals surface area contributed by atoms with Crippen molar-refractivity contribution in [3.05, 3.63) is 0 Å². The summed E-state index contributed by atoms with van der Waals surface area (Å²) in [7, 11) is 4.14. The molecule has 0 saturated heterocycles. The lowest BCUT2D eigenvalue weighted by Gasteiger charge is -2.45. The number of carbonyl (C=O) groups is 2. The van der Waals surface area contributed by atoms with E-state index in [1.165, 1.54) is 12.8 Å². The Balaban J connectivity index is 2.47. The van der Waals surface area contributed by atoms with Crippen LogP contribution < -0.4 is 16.4 Å². The van der Waals surface area contributed by atoms with Gasteiger partial charge in [-0.3, -0.25) is 9.59 Å². The maximum absolute atomic E-state index is 11.8. The predicted molar refractivity (Wildman–Crippen MR) is 79.1 cm³/mol. The van der Waals surface area contributed by atoms with Crippen LogP contribution >= 0.6 is 0 Å². The van der Waals surface area contributed by atoms with Crippen molar-refractivity contribution in [2.75, 3.05) is 33.7 Å². The third-order valence-corrected chi connectivity index (χ3v) is 4.26. The molecule has 0 aromatic carbocycles. The number of likely N-dealkylation sites (N-methyl/N-ethyl adjacent to an activating group) is 1. The van der Waals surface area contributed by atoms with E-state index >= 15 is 0 Å². The first kappa shape index (κ1) is 16.9. The highest BCUT2D eigenvalue weighted by molar-refractivity contribution is 5.85. The van der Waals surface area contributed by atoms with Crippen LogP contribution in [0.4, 0.5) is 0 Å². The van der Waals surface area contributed by atoms with Gasteiger partial charge in [0.05, 0.1) is 13.1 Å². The van der Waals surface area contributed by atoms with E-state index in [1.54, 1.807) is 0 Å². The maximum atomic E-state index is 11.8. The van der Waals surface area contributed by atoms with Gasteiger partial charge in [-0.2, -0.15) is 0 Å². The largest absolute Gasteiger partial charge is 0.353 e. The quantitative estimate of drug-likeness (QED) is 0.624. The first-order chi connectivity index (χ1) is 9.39. The normalized spacial score (nSPS) is 26.4. The Hall–Kier alpha value is -1.14. The Morgan fingerprint density at radius 2 is 2.00 bits per heavy atom. The van der Waals surface area contributed by atoms with E-state index in [4.69, 9.17) is 5.73 Å². The lowest BCUT2D eigenvalue weighted by Crippen LogP contribution is -2.56. The minimum Gasteiger partial charge on any atom is -0.353 e. The van der Waals surface area contributed by atoms with Gasteiger partial charge in [0.25, 0.3) is 0 Å². The molecule has 1 aliphatic rings. The number of nitrogens with one attached hydrogen (secondary N) is 2. The van der Waals surface area contributed by atoms with Crippen molar-refractivity contribution in [3.8, 4) is 0 Å². The van der Waals surface area contributed by atoms with E-state index < -0.39 is 0 Å². The first-order valence-electron chi connectivity index (χ1n) is 7.30. The minimum atomic E-state index is -0.311. The van der Waals surface area contributed by atoms with Crippen molar-refractivity contribution < 1.29 is 9.59 Å². The summed E-state index contributed by atoms with van der Waals surface area (Å²) >= 11 is 0. The van der Waals surface area contributed by atoms with Gasteiger partial charge >= 0.3 is 0 Å². The highest BCUT2D eigenvalue weighted by Gasteiger charge is 2.37. The molecule has 0 radical (unpaired) electrons. The smallest absolute Gasteiger partial charge is 0.239 e. The van der Waals surface area contributed by atoms with E-state index in [1.807, 2.05) is 0 Å². The van der Waals surface area contributed by atoms with Crippen LogP contribution in [0.1, 0.15) is 32.6 Å². The second kappa shape index (κ2) is 7.59. The minimum absolute atomic E-state index is 0.00487. The van der Waals surface area contributed by atoms with Gasteiger partial charge in [0.2, 0.25) is 11.8 Å². The molecular weight excluding hydrogens is 256 g/mol. The van der Waals surface area contributed by atoms with E-state index in [2.05, 4.69) is 36.6 Å². The molecular formula is C14H28N4O2. The van der Waals surface area contributed by atoms with Crippen LogP contribution in [0.2, 0.25) is 0 Å². The van der Waals surface area contributed by atoms with Crippen LogP contribution in [-0.4, -0.2) is 56.0 Å². The van der Waals surface area contributed by atoms with Gasteiger partial charge in [-0.1, -0.05) is 19.8 Å². The average molecular weight is 284 g/mol. The number of carbonyl (C=O) groups excluding carboxylic acids is 2. The second-order valence-corrected chi connectivity index (χ2v) is 6.08. The molecule has 1 fully saturated rings. The van der Waals surface area contributed by atoms with Gasteiger partial charge in [0.15, 0.2) is 0 Å². The molecule has 0 spiro atoms. The summed E-state index contributed by atoms with van der Waals surface area (Å²) in [6, 6.07) is 0. The van der Waals surface area contributed by atoms with Crippen LogP contribution in [0.3, 0.4) is 0 Å². The van der Waals surface area contributed by atoms with Crippen LogP contribution in [0.5, 0.6) is 0 Å². The first-order valence-corrected chi connectivity index (χ1v) is 7.30. The van der Waals surface area contributed by atoms with Crippen molar-refractivity contribution in [1.82, 2.24) is 15.5 Å². The standard InChI is InChI=1S/C14H28N4O2/c1-11-5-4-6-14(7-11,18(2)3)10-17-13(20)9-16-12(19)8-15/h11H,4-10,15H2,1-3H3,(H,16,19)(H,17,20). The third-order valence-electron chi connectivity index (χ3n) is 4.26. The average Bonchev–Trinajstić information content (AvgIpc) is 2.42. The summed E-state index contributed by atoms with van der Waals surface area (Å²) in [5.74, 6) is 0.208. The highest BCUT2D eigenvalue weighted by atomic mass is 16.2. The number of nitrogens with zero attached hydrogens (tertiary/aromatic N) is 1. The Labute approximate surface area is 121 Å². The molecule has 0 bridgehead atoms. The molecule has 2 unspecified atom stereocenters. The molecule has 0 aliphatic heterocycles. The Kier molecular flexibility index (Phi) is 6.42. The Morgan fingerprint density at radius 3 is 2.55 bits per heavy atom. The van der Waals surface area contributed by atoms with Crippen molar-refractivity contribution in [2.24, 2.45) is 11.7 Å². The monoisotopic (exact) mass is 284 g/mol. The van der Waals surface area contributed by atoms with E-state index in [0.717, 1.165) is 12.8 Å². The summed E-state index contributed by atoms with van der Waals surface area (Å²) in [5, 5.41) is 5.42. The molecule has 0 aromatic heterocycles. The van der Waals surface area contributed by atoms with Crippen LogP contribution in [0.25, 0.3) is 0 Å². The van der Waals surface area contributed by atoms with Crippen molar-refractivity contribution in [3.63, 3.8) is 0 Å². The number of rotatable bonds is 6. The summed E-state index contributed by atoms with van der Waals surface area (Å²) < 4.78 is 0. The van der Waals surface area contributed by atoms with Crippen LogP contribution in [-0.2, 0) is 9.59 Å². The van der Waals surface area contributed by atoms with E-state index in [-0.39, 0.29) is 30.4 Å². The van der Waals surface area contributed by atoms with Gasteiger partial charge in [-0.05, 0) is 32.9 Å². The highest BCUT2D eigenvalue weighted by Crippen LogP contribution is 2.35. The van der Waals surface area contributed by atoms with Gasteiger partial charge < -0.3 is 21.3 Å². The fourth-order valence-corrected chi connectivity index (χ4v) is 2.93. The number of hydrogen-bond acceptors (Lipinski definition) is 4. The zero-order valence-electron chi connectivity index (χ0n) is 12.9. The summed E-state index contributed by atoms with van der Waals surface area (Å²) in [6.45, 7) is 2.80. The van der Waals surface area contributed by atoms with Crippen molar-refractivity contribution >= 4 is 11.8 Å². The number of nitrogens with two attached hydrogens (primary N) is 1. The molecule has 0 aromatic rings. The molecule has 1 rings (SSSR count). The number of amides is 2. The summed E-state index contributed by atoms with van der Waals surface area (Å²) in [5.41, 5.74) is 5.21. The topological polar surface area (TPSA) is 87.5 Å². The zero-order valence-corrected chi connectivity index (χ0v) is 12.9. The maximum Gasteiger partial charge on any atom is 0.239 e. The molecule has 20 heavy (non-hydrogen) atoms. The van der Waals surface area contributed by atoms with Gasteiger partial charge in [-0.25, -0.2) is 0 Å². The van der Waals surface area contributed by atoms with Crippen molar-refractivity contribution in [2.45, 2.75) is 38.1 Å². The lowest BCUT2D eigenvalue weighted by atomic mass is 9.75. The van der Waals surface area contributed by atoms with Gasteiger partial charge in [0, 0.05) is 12.1 Å². The zero-order chi connectivity index (χ0) is 15.2. The van der Waals surface area contributed by atoms with E-state index in [0.29, 0.717) is 12.5 Å². The SMILES string of the molecule is CC1CCCC(CNC(=O)CNC(=O)CN)(N(C)C)C1. The molecule has 6 heteroatoms. The summed E-state index contributed by atoms with van der Waals surface area (Å²) in [6.07, 6.45) is 4.64. The van der Waals surface area contributed by atoms with Gasteiger partial charge in [0.1, 0.15) is 0 Å². The molecule has 1 saturated carbocycles.